The zero-order valence-electron chi connectivity index (χ0n) is 9.81. The number of nitriles is 1. The molecule has 0 radical (unpaired) electrons. The average Bonchev–Trinajstić information content (AvgIpc) is 2.29. The van der Waals surface area contributed by atoms with Gasteiger partial charge in [-0.2, -0.15) is 9.98 Å². The molecule has 98 valence electrons. The van der Waals surface area contributed by atoms with Crippen molar-refractivity contribution < 1.29 is 8.42 Å². The van der Waals surface area contributed by atoms with Gasteiger partial charge in [0.15, 0.2) is 0 Å². The highest BCUT2D eigenvalue weighted by molar-refractivity contribution is 7.89. The van der Waals surface area contributed by atoms with Gasteiger partial charge in [-0.15, -0.1) is 0 Å². The Morgan fingerprint density at radius 1 is 1.28 bits per heavy atom. The lowest BCUT2D eigenvalue weighted by Gasteiger charge is -2.15. The minimum Gasteiger partial charge on any atom is -0.207 e. The Morgan fingerprint density at radius 3 is 2.33 bits per heavy atom. The van der Waals surface area contributed by atoms with Gasteiger partial charge < -0.3 is 0 Å². The molecule has 0 aliphatic rings. The molecule has 18 heavy (non-hydrogen) atoms. The first-order valence-corrected chi connectivity index (χ1v) is 7.39. The van der Waals surface area contributed by atoms with Crippen LogP contribution in [-0.4, -0.2) is 14.5 Å². The SMILES string of the molecule is CC(C)C(C#N)NS(=O)(=O)c1ccc(Cl)c(Cl)c1. The van der Waals surface area contributed by atoms with E-state index in [1.165, 1.54) is 18.2 Å². The van der Waals surface area contributed by atoms with Crippen molar-refractivity contribution in [3.8, 4) is 6.07 Å². The number of sulfonamides is 1. The molecule has 0 aliphatic heterocycles. The van der Waals surface area contributed by atoms with Crippen LogP contribution < -0.4 is 4.72 Å². The lowest BCUT2D eigenvalue weighted by molar-refractivity contribution is 0.515. The normalized spacial score (nSPS) is 13.3. The molecule has 0 spiro atoms. The van der Waals surface area contributed by atoms with Gasteiger partial charge in [0.2, 0.25) is 10.0 Å². The predicted octanol–water partition coefficient (Wildman–Crippen LogP) is 2.82. The van der Waals surface area contributed by atoms with E-state index in [2.05, 4.69) is 4.72 Å². The van der Waals surface area contributed by atoms with Crippen molar-refractivity contribution in [3.63, 3.8) is 0 Å². The molecule has 1 aromatic rings. The summed E-state index contributed by atoms with van der Waals surface area (Å²) in [6.07, 6.45) is 0. The summed E-state index contributed by atoms with van der Waals surface area (Å²) >= 11 is 11.5. The molecule has 0 saturated heterocycles. The van der Waals surface area contributed by atoms with Gasteiger partial charge in [0.25, 0.3) is 0 Å². The third kappa shape index (κ3) is 3.59. The minimum atomic E-state index is -3.77. The molecule has 1 aromatic carbocycles. The van der Waals surface area contributed by atoms with E-state index in [0.717, 1.165) is 0 Å². The number of nitrogens with one attached hydrogen (secondary N) is 1. The van der Waals surface area contributed by atoms with Gasteiger partial charge in [-0.05, 0) is 24.1 Å². The molecule has 4 nitrogen and oxygen atoms in total. The predicted molar refractivity (Wildman–Crippen MR) is 71.0 cm³/mol. The van der Waals surface area contributed by atoms with Crippen LogP contribution in [0.5, 0.6) is 0 Å². The molecule has 1 rings (SSSR count). The van der Waals surface area contributed by atoms with Crippen molar-refractivity contribution in [1.82, 2.24) is 4.72 Å². The van der Waals surface area contributed by atoms with Crippen LogP contribution in [0.4, 0.5) is 0 Å². The Kier molecular flexibility index (Phi) is 5.00. The zero-order chi connectivity index (χ0) is 13.9. The van der Waals surface area contributed by atoms with Gasteiger partial charge in [-0.3, -0.25) is 0 Å². The van der Waals surface area contributed by atoms with Crippen LogP contribution in [-0.2, 0) is 10.0 Å². The van der Waals surface area contributed by atoms with E-state index >= 15 is 0 Å². The monoisotopic (exact) mass is 306 g/mol. The summed E-state index contributed by atoms with van der Waals surface area (Å²) in [7, 11) is -3.77. The first kappa shape index (κ1) is 15.3. The Hall–Kier alpha value is -0.800. The molecular weight excluding hydrogens is 295 g/mol. The standard InChI is InChI=1S/C11H12Cl2N2O2S/c1-7(2)11(6-14)15-18(16,17)8-3-4-9(12)10(13)5-8/h3-5,7,11,15H,1-2H3. The third-order valence-electron chi connectivity index (χ3n) is 2.29. The second kappa shape index (κ2) is 5.89. The highest BCUT2D eigenvalue weighted by atomic mass is 35.5. The summed E-state index contributed by atoms with van der Waals surface area (Å²) in [5.41, 5.74) is 0. The van der Waals surface area contributed by atoms with Crippen molar-refractivity contribution in [3.05, 3.63) is 28.2 Å². The molecular formula is C11H12Cl2N2O2S. The van der Waals surface area contributed by atoms with E-state index in [4.69, 9.17) is 28.5 Å². The summed E-state index contributed by atoms with van der Waals surface area (Å²) in [6, 6.07) is 5.10. The maximum atomic E-state index is 12.0. The summed E-state index contributed by atoms with van der Waals surface area (Å²) < 4.78 is 26.3. The Labute approximate surface area is 117 Å². The topological polar surface area (TPSA) is 70.0 Å². The zero-order valence-corrected chi connectivity index (χ0v) is 12.1. The quantitative estimate of drug-likeness (QED) is 0.930. The third-order valence-corrected chi connectivity index (χ3v) is 4.47. The number of hydrogen-bond donors (Lipinski definition) is 1. The van der Waals surface area contributed by atoms with Gasteiger partial charge in [-0.25, -0.2) is 8.42 Å². The van der Waals surface area contributed by atoms with Gasteiger partial charge >= 0.3 is 0 Å². The molecule has 0 saturated carbocycles. The molecule has 1 atom stereocenters. The molecule has 0 aliphatic carbocycles. The molecule has 0 bridgehead atoms. The number of nitrogens with zero attached hydrogens (tertiary/aromatic N) is 1. The number of hydrogen-bond acceptors (Lipinski definition) is 3. The fourth-order valence-corrected chi connectivity index (χ4v) is 2.87. The Balaban J connectivity index is 3.07. The van der Waals surface area contributed by atoms with Crippen LogP contribution in [0.1, 0.15) is 13.8 Å². The molecule has 0 aromatic heterocycles. The summed E-state index contributed by atoms with van der Waals surface area (Å²) in [5, 5.41) is 9.31. The lowest BCUT2D eigenvalue weighted by atomic mass is 10.1. The van der Waals surface area contributed by atoms with E-state index in [0.29, 0.717) is 0 Å². The highest BCUT2D eigenvalue weighted by Gasteiger charge is 2.22. The van der Waals surface area contributed by atoms with Gasteiger partial charge in [-0.1, -0.05) is 37.0 Å². The van der Waals surface area contributed by atoms with E-state index in [-0.39, 0.29) is 20.9 Å². The lowest BCUT2D eigenvalue weighted by Crippen LogP contribution is -2.37. The van der Waals surface area contributed by atoms with Crippen LogP contribution in [0.2, 0.25) is 10.0 Å². The van der Waals surface area contributed by atoms with Crippen molar-refractivity contribution in [2.75, 3.05) is 0 Å². The number of benzene rings is 1. The first-order valence-electron chi connectivity index (χ1n) is 5.15. The van der Waals surface area contributed by atoms with E-state index < -0.39 is 16.1 Å². The Bertz CT molecular complexity index is 579. The maximum Gasteiger partial charge on any atom is 0.241 e. The maximum absolute atomic E-state index is 12.0. The largest absolute Gasteiger partial charge is 0.241 e. The average molecular weight is 307 g/mol. The van der Waals surface area contributed by atoms with Gasteiger partial charge in [0, 0.05) is 0 Å². The fourth-order valence-electron chi connectivity index (χ4n) is 1.19. The van der Waals surface area contributed by atoms with Crippen LogP contribution in [0.3, 0.4) is 0 Å². The van der Waals surface area contributed by atoms with E-state index in [1.807, 2.05) is 6.07 Å². The first-order chi connectivity index (χ1) is 8.27. The summed E-state index contributed by atoms with van der Waals surface area (Å²) in [5.74, 6) is -0.132. The molecule has 0 heterocycles. The van der Waals surface area contributed by atoms with Crippen LogP contribution in [0, 0.1) is 17.2 Å². The fraction of sp³-hybridized carbons (Fsp3) is 0.364. The summed E-state index contributed by atoms with van der Waals surface area (Å²) in [6.45, 7) is 3.51. The van der Waals surface area contributed by atoms with Crippen molar-refractivity contribution in [2.24, 2.45) is 5.92 Å². The smallest absolute Gasteiger partial charge is 0.207 e. The van der Waals surface area contributed by atoms with Crippen LogP contribution >= 0.6 is 23.2 Å². The molecule has 0 amide bonds. The van der Waals surface area contributed by atoms with Crippen LogP contribution in [0.25, 0.3) is 0 Å². The molecule has 7 heteroatoms. The molecule has 1 N–H and O–H groups in total. The second-order valence-electron chi connectivity index (χ2n) is 4.05. The Morgan fingerprint density at radius 2 is 1.89 bits per heavy atom. The number of halogens is 2. The van der Waals surface area contributed by atoms with Crippen LogP contribution in [0.15, 0.2) is 23.1 Å². The van der Waals surface area contributed by atoms with Crippen molar-refractivity contribution >= 4 is 33.2 Å². The summed E-state index contributed by atoms with van der Waals surface area (Å²) in [4.78, 5) is -0.0159. The van der Waals surface area contributed by atoms with E-state index in [1.54, 1.807) is 13.8 Å². The second-order valence-corrected chi connectivity index (χ2v) is 6.58. The van der Waals surface area contributed by atoms with Crippen molar-refractivity contribution in [1.29, 1.82) is 5.26 Å². The van der Waals surface area contributed by atoms with Gasteiger partial charge in [0.05, 0.1) is 21.0 Å². The molecule has 1 unspecified atom stereocenters. The van der Waals surface area contributed by atoms with Gasteiger partial charge in [0.1, 0.15) is 6.04 Å². The highest BCUT2D eigenvalue weighted by Crippen LogP contribution is 2.25. The van der Waals surface area contributed by atoms with Crippen molar-refractivity contribution in [2.45, 2.75) is 24.8 Å². The molecule has 0 fully saturated rings. The number of rotatable bonds is 4. The van der Waals surface area contributed by atoms with E-state index in [9.17, 15) is 8.42 Å². The minimum absolute atomic E-state index is 0.0159.